The Balaban J connectivity index is 2.72. The number of nitrogens with one attached hydrogen (secondary N) is 1. The Bertz CT molecular complexity index is 444. The van der Waals surface area contributed by atoms with E-state index >= 15 is 0 Å². The molecule has 1 N–H and O–H groups in total. The molecular weight excluding hydrogens is 262 g/mol. The highest BCUT2D eigenvalue weighted by Crippen LogP contribution is 2.17. The molecule has 6 heteroatoms. The molecule has 4 nitrogen and oxygen atoms in total. The van der Waals surface area contributed by atoms with E-state index in [1.165, 1.54) is 0 Å². The van der Waals surface area contributed by atoms with Crippen LogP contribution in [-0.4, -0.2) is 27.2 Å². The second-order valence-corrected chi connectivity index (χ2v) is 5.87. The average molecular weight is 278 g/mol. The quantitative estimate of drug-likeness (QED) is 0.808. The molecule has 0 bridgehead atoms. The third-order valence-corrected chi connectivity index (χ3v) is 4.19. The van der Waals surface area contributed by atoms with Crippen LogP contribution in [0.5, 0.6) is 5.75 Å². The van der Waals surface area contributed by atoms with Crippen LogP contribution in [0.3, 0.4) is 0 Å². The molecule has 1 aromatic rings. The van der Waals surface area contributed by atoms with Crippen LogP contribution in [0.2, 0.25) is 0 Å². The summed E-state index contributed by atoms with van der Waals surface area (Å²) in [6.45, 7) is 1.79. The lowest BCUT2D eigenvalue weighted by Gasteiger charge is -2.14. The number of sulfonamides is 1. The molecule has 0 aliphatic heterocycles. The standard InChI is InChI=1S/C11H16ClNO3S/c1-9(13-17(14,15)8-7-12)10-3-5-11(16-2)6-4-10/h3-6,9,13H,7-8H2,1-2H3. The van der Waals surface area contributed by atoms with E-state index in [9.17, 15) is 8.42 Å². The number of benzene rings is 1. The van der Waals surface area contributed by atoms with E-state index in [0.717, 1.165) is 11.3 Å². The predicted octanol–water partition coefficient (Wildman–Crippen LogP) is 1.91. The molecule has 0 aliphatic rings. The minimum Gasteiger partial charge on any atom is -0.497 e. The number of ether oxygens (including phenoxy) is 1. The van der Waals surface area contributed by atoms with E-state index in [0.29, 0.717) is 0 Å². The first-order valence-corrected chi connectivity index (χ1v) is 7.37. The molecule has 96 valence electrons. The molecule has 0 aliphatic carbocycles. The lowest BCUT2D eigenvalue weighted by atomic mass is 10.1. The number of alkyl halides is 1. The molecule has 0 aromatic heterocycles. The van der Waals surface area contributed by atoms with Crippen LogP contribution in [-0.2, 0) is 10.0 Å². The van der Waals surface area contributed by atoms with Gasteiger partial charge in [0.25, 0.3) is 0 Å². The van der Waals surface area contributed by atoms with Gasteiger partial charge in [0.15, 0.2) is 0 Å². The number of halogens is 1. The highest BCUT2D eigenvalue weighted by Gasteiger charge is 2.14. The van der Waals surface area contributed by atoms with Crippen molar-refractivity contribution < 1.29 is 13.2 Å². The van der Waals surface area contributed by atoms with Crippen LogP contribution in [0.25, 0.3) is 0 Å². The fourth-order valence-corrected chi connectivity index (χ4v) is 3.00. The SMILES string of the molecule is COc1ccc(C(C)NS(=O)(=O)CCCl)cc1. The summed E-state index contributed by atoms with van der Waals surface area (Å²) in [6.07, 6.45) is 0. The molecule has 1 unspecified atom stereocenters. The largest absolute Gasteiger partial charge is 0.497 e. The molecule has 17 heavy (non-hydrogen) atoms. The van der Waals surface area contributed by atoms with E-state index in [2.05, 4.69) is 4.72 Å². The summed E-state index contributed by atoms with van der Waals surface area (Å²) < 4.78 is 30.6. The van der Waals surface area contributed by atoms with Crippen molar-refractivity contribution >= 4 is 21.6 Å². The first kappa shape index (κ1) is 14.3. The van der Waals surface area contributed by atoms with Gasteiger partial charge in [0.2, 0.25) is 10.0 Å². The van der Waals surface area contributed by atoms with E-state index < -0.39 is 10.0 Å². The van der Waals surface area contributed by atoms with Crippen LogP contribution in [0.4, 0.5) is 0 Å². The van der Waals surface area contributed by atoms with Gasteiger partial charge < -0.3 is 4.74 Å². The van der Waals surface area contributed by atoms with E-state index in [1.807, 2.05) is 12.1 Å². The molecule has 0 saturated carbocycles. The molecule has 0 fully saturated rings. The first-order valence-electron chi connectivity index (χ1n) is 5.18. The summed E-state index contributed by atoms with van der Waals surface area (Å²) in [5.41, 5.74) is 0.879. The van der Waals surface area contributed by atoms with Gasteiger partial charge in [-0.2, -0.15) is 0 Å². The Morgan fingerprint density at radius 1 is 1.35 bits per heavy atom. The van der Waals surface area contributed by atoms with Crippen LogP contribution in [0.1, 0.15) is 18.5 Å². The van der Waals surface area contributed by atoms with Crippen molar-refractivity contribution in [2.45, 2.75) is 13.0 Å². The average Bonchev–Trinajstić information content (AvgIpc) is 2.28. The predicted molar refractivity (Wildman–Crippen MR) is 69.1 cm³/mol. The fraction of sp³-hybridized carbons (Fsp3) is 0.455. The number of rotatable bonds is 6. The zero-order chi connectivity index (χ0) is 12.9. The fourth-order valence-electron chi connectivity index (χ4n) is 1.39. The van der Waals surface area contributed by atoms with Crippen molar-refractivity contribution in [2.24, 2.45) is 0 Å². The van der Waals surface area contributed by atoms with Crippen LogP contribution in [0, 0.1) is 0 Å². The molecule has 0 heterocycles. The van der Waals surface area contributed by atoms with Gasteiger partial charge in [-0.25, -0.2) is 13.1 Å². The molecule has 0 amide bonds. The second-order valence-electron chi connectivity index (χ2n) is 3.62. The van der Waals surface area contributed by atoms with Gasteiger partial charge in [0.1, 0.15) is 5.75 Å². The Kier molecular flexibility index (Phi) is 5.24. The van der Waals surface area contributed by atoms with Gasteiger partial charge >= 0.3 is 0 Å². The maximum absolute atomic E-state index is 11.5. The second kappa shape index (κ2) is 6.23. The lowest BCUT2D eigenvalue weighted by Crippen LogP contribution is -2.29. The van der Waals surface area contributed by atoms with Crippen LogP contribution in [0.15, 0.2) is 24.3 Å². The van der Waals surface area contributed by atoms with E-state index in [4.69, 9.17) is 16.3 Å². The zero-order valence-corrected chi connectivity index (χ0v) is 11.4. The highest BCUT2D eigenvalue weighted by atomic mass is 35.5. The molecule has 0 saturated heterocycles. The Hall–Kier alpha value is -0.780. The topological polar surface area (TPSA) is 55.4 Å². The third kappa shape index (κ3) is 4.53. The molecule has 1 aromatic carbocycles. The Morgan fingerprint density at radius 2 is 1.94 bits per heavy atom. The molecular formula is C11H16ClNO3S. The Morgan fingerprint density at radius 3 is 2.41 bits per heavy atom. The number of hydrogen-bond donors (Lipinski definition) is 1. The van der Waals surface area contributed by atoms with E-state index in [-0.39, 0.29) is 17.7 Å². The van der Waals surface area contributed by atoms with Crippen molar-refractivity contribution in [3.63, 3.8) is 0 Å². The normalized spacial score (nSPS) is 13.4. The monoisotopic (exact) mass is 277 g/mol. The maximum atomic E-state index is 11.5. The van der Waals surface area contributed by atoms with Crippen molar-refractivity contribution in [2.75, 3.05) is 18.7 Å². The zero-order valence-electron chi connectivity index (χ0n) is 9.81. The lowest BCUT2D eigenvalue weighted by molar-refractivity contribution is 0.414. The minimum absolute atomic E-state index is 0.0744. The van der Waals surface area contributed by atoms with Gasteiger partial charge in [-0.3, -0.25) is 0 Å². The molecule has 1 atom stereocenters. The highest BCUT2D eigenvalue weighted by molar-refractivity contribution is 7.89. The van der Waals surface area contributed by atoms with Crippen molar-refractivity contribution in [3.05, 3.63) is 29.8 Å². The van der Waals surface area contributed by atoms with Crippen LogP contribution < -0.4 is 9.46 Å². The van der Waals surface area contributed by atoms with Crippen LogP contribution >= 0.6 is 11.6 Å². The molecule has 1 rings (SSSR count). The van der Waals surface area contributed by atoms with Gasteiger partial charge in [-0.05, 0) is 24.6 Å². The molecule has 0 spiro atoms. The van der Waals surface area contributed by atoms with Crippen molar-refractivity contribution in [3.8, 4) is 5.75 Å². The van der Waals surface area contributed by atoms with Crippen molar-refractivity contribution in [1.29, 1.82) is 0 Å². The Labute approximate surface area is 107 Å². The van der Waals surface area contributed by atoms with Crippen molar-refractivity contribution in [1.82, 2.24) is 4.72 Å². The number of hydrogen-bond acceptors (Lipinski definition) is 3. The van der Waals surface area contributed by atoms with Gasteiger partial charge in [0.05, 0.1) is 12.9 Å². The smallest absolute Gasteiger partial charge is 0.213 e. The minimum atomic E-state index is -3.31. The van der Waals surface area contributed by atoms with Gasteiger partial charge in [-0.15, -0.1) is 11.6 Å². The van der Waals surface area contributed by atoms with E-state index in [1.54, 1.807) is 26.2 Å². The first-order chi connectivity index (χ1) is 7.98. The van der Waals surface area contributed by atoms with Gasteiger partial charge in [-0.1, -0.05) is 12.1 Å². The summed E-state index contributed by atoms with van der Waals surface area (Å²) in [7, 11) is -1.72. The summed E-state index contributed by atoms with van der Waals surface area (Å²) in [5, 5.41) is 0. The summed E-state index contributed by atoms with van der Waals surface area (Å²) in [6, 6.07) is 6.96. The molecule has 0 radical (unpaired) electrons. The number of methoxy groups -OCH3 is 1. The maximum Gasteiger partial charge on any atom is 0.213 e. The summed E-state index contributed by atoms with van der Waals surface area (Å²) in [4.78, 5) is 0. The summed E-state index contributed by atoms with van der Waals surface area (Å²) in [5.74, 6) is 0.754. The summed E-state index contributed by atoms with van der Waals surface area (Å²) >= 11 is 5.42. The van der Waals surface area contributed by atoms with Gasteiger partial charge in [0, 0.05) is 11.9 Å². The third-order valence-electron chi connectivity index (χ3n) is 2.32.